The smallest absolute Gasteiger partial charge is 0.0406 e. The predicted molar refractivity (Wildman–Crippen MR) is 92.1 cm³/mol. The number of hydrogen-bond acceptors (Lipinski definition) is 2. The van der Waals surface area contributed by atoms with E-state index < -0.39 is 0 Å². The molecule has 1 aliphatic heterocycles. The highest BCUT2D eigenvalue weighted by molar-refractivity contribution is 8.00. The van der Waals surface area contributed by atoms with E-state index in [9.17, 15) is 0 Å². The summed E-state index contributed by atoms with van der Waals surface area (Å²) in [6.07, 6.45) is 2.53. The molecule has 0 atom stereocenters. The molecule has 1 fully saturated rings. The molecule has 2 aromatic rings. The Hall–Kier alpha value is -0.960. The van der Waals surface area contributed by atoms with Crippen molar-refractivity contribution in [3.05, 3.63) is 65.2 Å². The van der Waals surface area contributed by atoms with Gasteiger partial charge >= 0.3 is 0 Å². The van der Waals surface area contributed by atoms with Gasteiger partial charge in [0.05, 0.1) is 0 Å². The van der Waals surface area contributed by atoms with E-state index in [1.807, 2.05) is 23.9 Å². The summed E-state index contributed by atoms with van der Waals surface area (Å²) in [7, 11) is 0. The molecule has 0 aromatic heterocycles. The summed E-state index contributed by atoms with van der Waals surface area (Å²) in [6, 6.07) is 19.0. The van der Waals surface area contributed by atoms with E-state index >= 15 is 0 Å². The van der Waals surface area contributed by atoms with Crippen LogP contribution in [0.25, 0.3) is 0 Å². The largest absolute Gasteiger partial charge is 0.299 e. The summed E-state index contributed by atoms with van der Waals surface area (Å²) in [5.41, 5.74) is 1.42. The zero-order valence-electron chi connectivity index (χ0n) is 12.0. The Kier molecular flexibility index (Phi) is 5.23. The van der Waals surface area contributed by atoms with Gasteiger partial charge in [0.25, 0.3) is 0 Å². The Morgan fingerprint density at radius 3 is 2.29 bits per heavy atom. The van der Waals surface area contributed by atoms with Crippen LogP contribution < -0.4 is 0 Å². The predicted octanol–water partition coefficient (Wildman–Crippen LogP) is 5.10. The highest BCUT2D eigenvalue weighted by atomic mass is 35.5. The lowest BCUT2D eigenvalue weighted by Crippen LogP contribution is -2.34. The molecule has 110 valence electrons. The van der Waals surface area contributed by atoms with Gasteiger partial charge in [0.1, 0.15) is 0 Å². The summed E-state index contributed by atoms with van der Waals surface area (Å²) in [5, 5.41) is 1.55. The number of benzene rings is 2. The summed E-state index contributed by atoms with van der Waals surface area (Å²) in [5.74, 6) is 0. The minimum Gasteiger partial charge on any atom is -0.299 e. The maximum Gasteiger partial charge on any atom is 0.0406 e. The molecule has 0 unspecified atom stereocenters. The van der Waals surface area contributed by atoms with Gasteiger partial charge in [0, 0.05) is 21.7 Å². The van der Waals surface area contributed by atoms with Crippen LogP contribution in [0.2, 0.25) is 5.02 Å². The van der Waals surface area contributed by atoms with Crippen molar-refractivity contribution in [2.24, 2.45) is 0 Å². The number of nitrogens with zero attached hydrogens (tertiary/aromatic N) is 1. The molecule has 3 heteroatoms. The molecule has 0 radical (unpaired) electrons. The van der Waals surface area contributed by atoms with Gasteiger partial charge in [-0.15, -0.1) is 11.8 Å². The van der Waals surface area contributed by atoms with Crippen molar-refractivity contribution in [2.75, 3.05) is 13.1 Å². The first-order chi connectivity index (χ1) is 10.3. The van der Waals surface area contributed by atoms with Crippen LogP contribution in [0.15, 0.2) is 59.5 Å². The van der Waals surface area contributed by atoms with Crippen molar-refractivity contribution in [2.45, 2.75) is 29.5 Å². The van der Waals surface area contributed by atoms with Crippen molar-refractivity contribution in [1.82, 2.24) is 4.90 Å². The van der Waals surface area contributed by atoms with Gasteiger partial charge in [-0.1, -0.05) is 41.9 Å². The maximum absolute atomic E-state index is 5.93. The van der Waals surface area contributed by atoms with Crippen molar-refractivity contribution in [3.63, 3.8) is 0 Å². The number of thioether (sulfide) groups is 1. The molecule has 0 amide bonds. The molecular weight excluding hydrogens is 298 g/mol. The number of hydrogen-bond donors (Lipinski definition) is 0. The Labute approximate surface area is 136 Å². The van der Waals surface area contributed by atoms with Crippen LogP contribution in [0.3, 0.4) is 0 Å². The second-order valence-corrected chi connectivity index (χ2v) is 7.34. The summed E-state index contributed by atoms with van der Waals surface area (Å²) >= 11 is 7.93. The van der Waals surface area contributed by atoms with Crippen molar-refractivity contribution in [3.8, 4) is 0 Å². The average molecular weight is 318 g/mol. The van der Waals surface area contributed by atoms with E-state index in [2.05, 4.69) is 47.4 Å². The first-order valence-corrected chi connectivity index (χ1v) is 8.74. The van der Waals surface area contributed by atoms with Crippen LogP contribution >= 0.6 is 23.4 Å². The van der Waals surface area contributed by atoms with E-state index in [4.69, 9.17) is 11.6 Å². The van der Waals surface area contributed by atoms with E-state index in [0.29, 0.717) is 0 Å². The van der Waals surface area contributed by atoms with Crippen LogP contribution in [-0.2, 0) is 6.54 Å². The Bertz CT molecular complexity index is 547. The first-order valence-electron chi connectivity index (χ1n) is 7.48. The van der Waals surface area contributed by atoms with Gasteiger partial charge in [0.2, 0.25) is 0 Å². The van der Waals surface area contributed by atoms with Gasteiger partial charge in [0.15, 0.2) is 0 Å². The van der Waals surface area contributed by atoms with Gasteiger partial charge in [-0.25, -0.2) is 0 Å². The topological polar surface area (TPSA) is 3.24 Å². The van der Waals surface area contributed by atoms with Crippen molar-refractivity contribution >= 4 is 23.4 Å². The second-order valence-electron chi connectivity index (χ2n) is 5.53. The van der Waals surface area contributed by atoms with Crippen LogP contribution in [-0.4, -0.2) is 23.2 Å². The molecule has 1 nitrogen and oxygen atoms in total. The lowest BCUT2D eigenvalue weighted by atomic mass is 10.1. The lowest BCUT2D eigenvalue weighted by Gasteiger charge is -2.31. The average Bonchev–Trinajstić information content (AvgIpc) is 2.53. The molecule has 0 bridgehead atoms. The van der Waals surface area contributed by atoms with E-state index in [1.165, 1.54) is 36.4 Å². The van der Waals surface area contributed by atoms with Crippen LogP contribution in [0.1, 0.15) is 18.4 Å². The number of likely N-dealkylation sites (tertiary alicyclic amines) is 1. The van der Waals surface area contributed by atoms with Gasteiger partial charge in [-0.3, -0.25) is 4.90 Å². The fraction of sp³-hybridized carbons (Fsp3) is 0.333. The molecule has 3 rings (SSSR count). The molecule has 1 saturated heterocycles. The van der Waals surface area contributed by atoms with Crippen molar-refractivity contribution in [1.29, 1.82) is 0 Å². The second kappa shape index (κ2) is 7.35. The zero-order valence-corrected chi connectivity index (χ0v) is 13.6. The Morgan fingerprint density at radius 1 is 0.952 bits per heavy atom. The number of rotatable bonds is 4. The molecule has 0 N–H and O–H groups in total. The molecule has 2 aromatic carbocycles. The number of piperidine rings is 1. The molecule has 0 saturated carbocycles. The highest BCUT2D eigenvalue weighted by Crippen LogP contribution is 2.31. The van der Waals surface area contributed by atoms with Crippen LogP contribution in [0, 0.1) is 0 Å². The van der Waals surface area contributed by atoms with Crippen LogP contribution in [0.4, 0.5) is 0 Å². The Balaban J connectivity index is 1.47. The molecule has 1 aliphatic rings. The fourth-order valence-electron chi connectivity index (χ4n) is 2.73. The molecule has 1 heterocycles. The Morgan fingerprint density at radius 2 is 1.62 bits per heavy atom. The van der Waals surface area contributed by atoms with Crippen LogP contribution in [0.5, 0.6) is 0 Å². The first kappa shape index (κ1) is 15.0. The SMILES string of the molecule is Clc1ccc(SC2CCN(Cc3ccccc3)CC2)cc1. The molecule has 0 spiro atoms. The van der Waals surface area contributed by atoms with E-state index in [1.54, 1.807) is 0 Å². The quantitative estimate of drug-likeness (QED) is 0.772. The zero-order chi connectivity index (χ0) is 14.5. The lowest BCUT2D eigenvalue weighted by molar-refractivity contribution is 0.225. The van der Waals surface area contributed by atoms with Gasteiger partial charge in [-0.05, 0) is 55.8 Å². The third-order valence-corrected chi connectivity index (χ3v) is 5.50. The molecule has 21 heavy (non-hydrogen) atoms. The third-order valence-electron chi connectivity index (χ3n) is 3.90. The highest BCUT2D eigenvalue weighted by Gasteiger charge is 2.19. The minimum absolute atomic E-state index is 0.734. The molecule has 0 aliphatic carbocycles. The van der Waals surface area contributed by atoms with Gasteiger partial charge in [-0.2, -0.15) is 0 Å². The molecular formula is C18H20ClNS. The van der Waals surface area contributed by atoms with Gasteiger partial charge < -0.3 is 0 Å². The fourth-order valence-corrected chi connectivity index (χ4v) is 3.98. The summed E-state index contributed by atoms with van der Waals surface area (Å²) in [6.45, 7) is 3.47. The van der Waals surface area contributed by atoms with E-state index in [-0.39, 0.29) is 0 Å². The number of halogens is 1. The maximum atomic E-state index is 5.93. The normalized spacial score (nSPS) is 17.0. The monoisotopic (exact) mass is 317 g/mol. The summed E-state index contributed by atoms with van der Waals surface area (Å²) in [4.78, 5) is 3.90. The van der Waals surface area contributed by atoms with E-state index in [0.717, 1.165) is 16.8 Å². The van der Waals surface area contributed by atoms with Crippen molar-refractivity contribution < 1.29 is 0 Å². The minimum atomic E-state index is 0.734. The standard InChI is InChI=1S/C18H20ClNS/c19-16-6-8-17(9-7-16)21-18-10-12-20(13-11-18)14-15-4-2-1-3-5-15/h1-9,18H,10-14H2. The third kappa shape index (κ3) is 4.50. The summed E-state index contributed by atoms with van der Waals surface area (Å²) < 4.78 is 0.